The number of nitrogens with zero attached hydrogens (tertiary/aromatic N) is 1. The second kappa shape index (κ2) is 6.67. The Hall–Kier alpha value is -1.18. The highest BCUT2D eigenvalue weighted by Gasteiger charge is 2.17. The second-order valence-electron chi connectivity index (χ2n) is 5.35. The summed E-state index contributed by atoms with van der Waals surface area (Å²) < 4.78 is 0. The molecule has 0 saturated carbocycles. The summed E-state index contributed by atoms with van der Waals surface area (Å²) >= 11 is 0. The third-order valence-electron chi connectivity index (χ3n) is 3.91. The molecule has 1 aliphatic rings. The molecule has 2 rings (SSSR count). The van der Waals surface area contributed by atoms with E-state index in [4.69, 9.17) is 5.73 Å². The first-order valence-electron chi connectivity index (χ1n) is 7.45. The number of hydrogen-bond donors (Lipinski definition) is 1. The Bertz CT molecular complexity index is 373. The maximum atomic E-state index is 6.07. The van der Waals surface area contributed by atoms with Crippen molar-refractivity contribution in [3.8, 4) is 0 Å². The molecular weight excluding hydrogens is 220 g/mol. The average Bonchev–Trinajstić information content (AvgIpc) is 2.39. The van der Waals surface area contributed by atoms with Crippen LogP contribution < -0.4 is 10.6 Å². The second-order valence-corrected chi connectivity index (χ2v) is 5.35. The molecule has 1 aliphatic heterocycles. The van der Waals surface area contributed by atoms with Crippen LogP contribution in [0, 0.1) is 0 Å². The molecular formula is C16H26N2. The summed E-state index contributed by atoms with van der Waals surface area (Å²) in [5, 5.41) is 0. The molecule has 0 amide bonds. The Morgan fingerprint density at radius 3 is 2.83 bits per heavy atom. The Balaban J connectivity index is 1.90. The molecule has 0 saturated heterocycles. The van der Waals surface area contributed by atoms with Crippen LogP contribution in [-0.2, 0) is 6.42 Å². The number of anilines is 2. The van der Waals surface area contributed by atoms with E-state index in [0.717, 1.165) is 12.1 Å². The molecule has 18 heavy (non-hydrogen) atoms. The van der Waals surface area contributed by atoms with Gasteiger partial charge in [-0.05, 0) is 37.0 Å². The zero-order valence-corrected chi connectivity index (χ0v) is 11.6. The molecule has 0 atom stereocenters. The predicted octanol–water partition coefficient (Wildman–Crippen LogP) is 3.99. The number of fused-ring (bicyclic) bond motifs is 1. The smallest absolute Gasteiger partial charge is 0.0419 e. The molecule has 0 aromatic heterocycles. The maximum Gasteiger partial charge on any atom is 0.0419 e. The van der Waals surface area contributed by atoms with Gasteiger partial charge in [0.05, 0.1) is 0 Å². The van der Waals surface area contributed by atoms with Crippen LogP contribution in [0.3, 0.4) is 0 Å². The monoisotopic (exact) mass is 246 g/mol. The summed E-state index contributed by atoms with van der Waals surface area (Å²) in [7, 11) is 0. The molecule has 2 heteroatoms. The Kier molecular flexibility index (Phi) is 4.91. The number of hydrogen-bond acceptors (Lipinski definition) is 2. The van der Waals surface area contributed by atoms with Gasteiger partial charge in [0.15, 0.2) is 0 Å². The minimum atomic E-state index is 0.975. The minimum Gasteiger partial charge on any atom is -0.398 e. The number of unbranched alkanes of at least 4 members (excludes halogenated alkanes) is 4. The molecule has 2 N–H and O–H groups in total. The van der Waals surface area contributed by atoms with E-state index in [-0.39, 0.29) is 0 Å². The van der Waals surface area contributed by atoms with E-state index in [1.54, 1.807) is 0 Å². The van der Waals surface area contributed by atoms with Gasteiger partial charge in [0, 0.05) is 24.5 Å². The zero-order valence-electron chi connectivity index (χ0n) is 11.6. The van der Waals surface area contributed by atoms with E-state index < -0.39 is 0 Å². The van der Waals surface area contributed by atoms with E-state index in [2.05, 4.69) is 24.0 Å². The van der Waals surface area contributed by atoms with Gasteiger partial charge in [-0.1, -0.05) is 38.7 Å². The summed E-state index contributed by atoms with van der Waals surface area (Å²) in [5.74, 6) is 0. The molecule has 0 spiro atoms. The highest BCUT2D eigenvalue weighted by molar-refractivity contribution is 5.66. The fraction of sp³-hybridized carbons (Fsp3) is 0.625. The zero-order chi connectivity index (χ0) is 12.8. The van der Waals surface area contributed by atoms with Crippen LogP contribution in [0.5, 0.6) is 0 Å². The van der Waals surface area contributed by atoms with Gasteiger partial charge in [0.2, 0.25) is 0 Å². The van der Waals surface area contributed by atoms with Crippen molar-refractivity contribution in [2.24, 2.45) is 0 Å². The molecule has 0 unspecified atom stereocenters. The number of nitrogens with two attached hydrogens (primary N) is 1. The lowest BCUT2D eigenvalue weighted by Gasteiger charge is -2.32. The Morgan fingerprint density at radius 1 is 1.17 bits per heavy atom. The van der Waals surface area contributed by atoms with Gasteiger partial charge < -0.3 is 10.6 Å². The first kappa shape index (κ1) is 13.3. The van der Waals surface area contributed by atoms with Crippen molar-refractivity contribution in [1.29, 1.82) is 0 Å². The fourth-order valence-electron chi connectivity index (χ4n) is 2.87. The van der Waals surface area contributed by atoms with Crippen molar-refractivity contribution < 1.29 is 0 Å². The summed E-state index contributed by atoms with van der Waals surface area (Å²) in [4.78, 5) is 2.53. The summed E-state index contributed by atoms with van der Waals surface area (Å²) in [5.41, 5.74) is 9.80. The van der Waals surface area contributed by atoms with Gasteiger partial charge in [-0.2, -0.15) is 0 Å². The van der Waals surface area contributed by atoms with Crippen LogP contribution in [0.25, 0.3) is 0 Å². The summed E-state index contributed by atoms with van der Waals surface area (Å²) in [6, 6.07) is 6.35. The van der Waals surface area contributed by atoms with Crippen LogP contribution in [-0.4, -0.2) is 13.1 Å². The van der Waals surface area contributed by atoms with Gasteiger partial charge >= 0.3 is 0 Å². The van der Waals surface area contributed by atoms with E-state index in [1.807, 2.05) is 6.07 Å². The first-order chi connectivity index (χ1) is 8.83. The molecule has 0 fully saturated rings. The molecule has 0 radical (unpaired) electrons. The Morgan fingerprint density at radius 2 is 2.00 bits per heavy atom. The normalized spacial score (nSPS) is 14.6. The van der Waals surface area contributed by atoms with E-state index in [0.29, 0.717) is 0 Å². The van der Waals surface area contributed by atoms with Crippen molar-refractivity contribution in [3.63, 3.8) is 0 Å². The topological polar surface area (TPSA) is 29.3 Å². The lowest BCUT2D eigenvalue weighted by Crippen LogP contribution is -2.30. The van der Waals surface area contributed by atoms with Crippen LogP contribution >= 0.6 is 0 Å². The van der Waals surface area contributed by atoms with Crippen LogP contribution in [0.4, 0.5) is 11.4 Å². The maximum absolute atomic E-state index is 6.07. The highest BCUT2D eigenvalue weighted by atomic mass is 15.1. The number of benzene rings is 1. The highest BCUT2D eigenvalue weighted by Crippen LogP contribution is 2.31. The molecule has 1 aromatic carbocycles. The van der Waals surface area contributed by atoms with Crippen LogP contribution in [0.2, 0.25) is 0 Å². The molecule has 0 bridgehead atoms. The lowest BCUT2D eigenvalue weighted by molar-refractivity contribution is 0.602. The van der Waals surface area contributed by atoms with E-state index in [1.165, 1.54) is 62.9 Å². The average molecular weight is 246 g/mol. The SMILES string of the molecule is CCCCCCCN1CCCc2c(N)cccc21. The van der Waals surface area contributed by atoms with Crippen LogP contribution in [0.1, 0.15) is 51.0 Å². The van der Waals surface area contributed by atoms with Gasteiger partial charge in [-0.15, -0.1) is 0 Å². The molecule has 1 aromatic rings. The van der Waals surface area contributed by atoms with Gasteiger partial charge in [-0.25, -0.2) is 0 Å². The van der Waals surface area contributed by atoms with Crippen molar-refractivity contribution in [3.05, 3.63) is 23.8 Å². The van der Waals surface area contributed by atoms with Gasteiger partial charge in [-0.3, -0.25) is 0 Å². The van der Waals surface area contributed by atoms with E-state index in [9.17, 15) is 0 Å². The first-order valence-corrected chi connectivity index (χ1v) is 7.45. The molecule has 100 valence electrons. The number of rotatable bonds is 6. The van der Waals surface area contributed by atoms with Gasteiger partial charge in [0.25, 0.3) is 0 Å². The molecule has 0 aliphatic carbocycles. The van der Waals surface area contributed by atoms with Gasteiger partial charge in [0.1, 0.15) is 0 Å². The van der Waals surface area contributed by atoms with E-state index >= 15 is 0 Å². The number of nitrogen functional groups attached to an aromatic ring is 1. The third-order valence-corrected chi connectivity index (χ3v) is 3.91. The van der Waals surface area contributed by atoms with Crippen molar-refractivity contribution in [2.45, 2.75) is 51.9 Å². The minimum absolute atomic E-state index is 0.975. The van der Waals surface area contributed by atoms with Crippen molar-refractivity contribution >= 4 is 11.4 Å². The lowest BCUT2D eigenvalue weighted by atomic mass is 9.99. The quantitative estimate of drug-likeness (QED) is 0.607. The fourth-order valence-corrected chi connectivity index (χ4v) is 2.87. The Labute approximate surface area is 111 Å². The van der Waals surface area contributed by atoms with Crippen molar-refractivity contribution in [1.82, 2.24) is 0 Å². The summed E-state index contributed by atoms with van der Waals surface area (Å²) in [6.07, 6.45) is 9.15. The van der Waals surface area contributed by atoms with Crippen molar-refractivity contribution in [2.75, 3.05) is 23.7 Å². The predicted molar refractivity (Wildman–Crippen MR) is 80.1 cm³/mol. The molecule has 1 heterocycles. The largest absolute Gasteiger partial charge is 0.398 e. The third kappa shape index (κ3) is 3.18. The summed E-state index contributed by atoms with van der Waals surface area (Å²) in [6.45, 7) is 4.66. The molecule has 2 nitrogen and oxygen atoms in total. The standard InChI is InChI=1S/C16H26N2/c1-2-3-4-5-6-12-18-13-8-9-14-15(17)10-7-11-16(14)18/h7,10-11H,2-6,8-9,12-13,17H2,1H3. The van der Waals surface area contributed by atoms with Crippen LogP contribution in [0.15, 0.2) is 18.2 Å².